The van der Waals surface area contributed by atoms with Crippen molar-refractivity contribution in [3.8, 4) is 0 Å². The van der Waals surface area contributed by atoms with Crippen molar-refractivity contribution in [2.75, 3.05) is 26.2 Å². The lowest BCUT2D eigenvalue weighted by atomic mass is 10.1. The molecule has 0 aliphatic carbocycles. The van der Waals surface area contributed by atoms with E-state index in [1.807, 2.05) is 37.3 Å². The minimum absolute atomic E-state index is 0.0644. The fourth-order valence-electron chi connectivity index (χ4n) is 2.29. The molecule has 1 aromatic carbocycles. The topological polar surface area (TPSA) is 52.7 Å². The van der Waals surface area contributed by atoms with Crippen molar-refractivity contribution in [2.24, 2.45) is 0 Å². The number of rotatable bonds is 2. The van der Waals surface area contributed by atoms with E-state index < -0.39 is 0 Å². The van der Waals surface area contributed by atoms with Crippen LogP contribution in [0.15, 0.2) is 30.5 Å². The molecule has 0 atom stereocenters. The predicted octanol–water partition coefficient (Wildman–Crippen LogP) is 1.84. The maximum atomic E-state index is 12.0. The molecule has 0 bridgehead atoms. The van der Waals surface area contributed by atoms with E-state index in [-0.39, 0.29) is 11.9 Å². The lowest BCUT2D eigenvalue weighted by Crippen LogP contribution is -2.52. The largest absolute Gasteiger partial charge is 0.339 e. The third-order valence-electron chi connectivity index (χ3n) is 3.67. The standard InChI is InChI=1S/C16H21N3O2/c1-13-5-3-4-6-15(13)7-8-17-16(21)19-11-9-18(10-12-19)14(2)20/h3-8H,9-12H2,1-2H3,(H,17,21)/b8-7+. The third kappa shape index (κ3) is 4.08. The monoisotopic (exact) mass is 287 g/mol. The Balaban J connectivity index is 1.83. The Morgan fingerprint density at radius 1 is 1.10 bits per heavy atom. The zero-order chi connectivity index (χ0) is 15.2. The summed E-state index contributed by atoms with van der Waals surface area (Å²) in [6.45, 7) is 5.94. The molecule has 0 spiro atoms. The molecule has 3 amide bonds. The number of amides is 3. The number of hydrogen-bond donors (Lipinski definition) is 1. The number of carbonyl (C=O) groups is 2. The van der Waals surface area contributed by atoms with Crippen molar-refractivity contribution in [1.82, 2.24) is 15.1 Å². The summed E-state index contributed by atoms with van der Waals surface area (Å²) in [6, 6.07) is 7.87. The molecule has 112 valence electrons. The number of carbonyl (C=O) groups excluding carboxylic acids is 2. The first-order valence-electron chi connectivity index (χ1n) is 7.11. The molecule has 1 saturated heterocycles. The Bertz CT molecular complexity index is 546. The van der Waals surface area contributed by atoms with Crippen LogP contribution in [0.1, 0.15) is 18.1 Å². The van der Waals surface area contributed by atoms with Gasteiger partial charge in [0.15, 0.2) is 0 Å². The molecule has 0 saturated carbocycles. The van der Waals surface area contributed by atoms with Crippen molar-refractivity contribution in [3.63, 3.8) is 0 Å². The number of nitrogens with one attached hydrogen (secondary N) is 1. The molecular formula is C16H21N3O2. The summed E-state index contributed by atoms with van der Waals surface area (Å²) < 4.78 is 0. The predicted molar refractivity (Wildman–Crippen MR) is 82.6 cm³/mol. The fraction of sp³-hybridized carbons (Fsp3) is 0.375. The average Bonchev–Trinajstić information content (AvgIpc) is 2.49. The molecular weight excluding hydrogens is 266 g/mol. The summed E-state index contributed by atoms with van der Waals surface area (Å²) in [6.07, 6.45) is 3.56. The highest BCUT2D eigenvalue weighted by Gasteiger charge is 2.21. The number of urea groups is 1. The van der Waals surface area contributed by atoms with Crippen LogP contribution in [0, 0.1) is 6.92 Å². The van der Waals surface area contributed by atoms with Crippen LogP contribution >= 0.6 is 0 Å². The average molecular weight is 287 g/mol. The zero-order valence-corrected chi connectivity index (χ0v) is 12.5. The number of aryl methyl sites for hydroxylation is 1. The molecule has 1 aliphatic rings. The van der Waals surface area contributed by atoms with Gasteiger partial charge in [-0.05, 0) is 24.1 Å². The fourth-order valence-corrected chi connectivity index (χ4v) is 2.29. The van der Waals surface area contributed by atoms with Gasteiger partial charge < -0.3 is 15.1 Å². The minimum atomic E-state index is -0.122. The molecule has 5 nitrogen and oxygen atoms in total. The van der Waals surface area contributed by atoms with Gasteiger partial charge in [-0.3, -0.25) is 4.79 Å². The summed E-state index contributed by atoms with van der Waals surface area (Å²) >= 11 is 0. The minimum Gasteiger partial charge on any atom is -0.339 e. The molecule has 1 aliphatic heterocycles. The van der Waals surface area contributed by atoms with Gasteiger partial charge in [0.1, 0.15) is 0 Å². The molecule has 21 heavy (non-hydrogen) atoms. The molecule has 1 aromatic rings. The molecule has 0 radical (unpaired) electrons. The van der Waals surface area contributed by atoms with Gasteiger partial charge in [-0.25, -0.2) is 4.79 Å². The molecule has 1 heterocycles. The zero-order valence-electron chi connectivity index (χ0n) is 12.5. The van der Waals surface area contributed by atoms with Gasteiger partial charge in [0.25, 0.3) is 0 Å². The van der Waals surface area contributed by atoms with Gasteiger partial charge in [-0.2, -0.15) is 0 Å². The van der Waals surface area contributed by atoms with E-state index in [1.54, 1.807) is 22.9 Å². The Kier molecular flexibility index (Phi) is 4.98. The van der Waals surface area contributed by atoms with Crippen molar-refractivity contribution in [3.05, 3.63) is 41.6 Å². The summed E-state index contributed by atoms with van der Waals surface area (Å²) in [5.74, 6) is 0.0644. The quantitative estimate of drug-likeness (QED) is 0.902. The summed E-state index contributed by atoms with van der Waals surface area (Å²) in [5, 5.41) is 2.78. The second-order valence-electron chi connectivity index (χ2n) is 5.13. The van der Waals surface area contributed by atoms with E-state index in [0.29, 0.717) is 26.2 Å². The van der Waals surface area contributed by atoms with Crippen molar-refractivity contribution in [1.29, 1.82) is 0 Å². The van der Waals surface area contributed by atoms with E-state index in [0.717, 1.165) is 11.1 Å². The smallest absolute Gasteiger partial charge is 0.321 e. The number of piperazine rings is 1. The third-order valence-corrected chi connectivity index (χ3v) is 3.67. The highest BCUT2D eigenvalue weighted by atomic mass is 16.2. The Morgan fingerprint density at radius 2 is 1.71 bits per heavy atom. The molecule has 1 N–H and O–H groups in total. The van der Waals surface area contributed by atoms with Gasteiger partial charge in [0.2, 0.25) is 5.91 Å². The number of benzene rings is 1. The van der Waals surface area contributed by atoms with Gasteiger partial charge in [0, 0.05) is 39.3 Å². The number of hydrogen-bond acceptors (Lipinski definition) is 2. The Morgan fingerprint density at radius 3 is 2.33 bits per heavy atom. The highest BCUT2D eigenvalue weighted by Crippen LogP contribution is 2.08. The van der Waals surface area contributed by atoms with E-state index in [2.05, 4.69) is 5.32 Å². The van der Waals surface area contributed by atoms with Crippen LogP contribution in [-0.4, -0.2) is 47.9 Å². The van der Waals surface area contributed by atoms with E-state index in [9.17, 15) is 9.59 Å². The van der Waals surface area contributed by atoms with E-state index in [1.165, 1.54) is 0 Å². The Labute approximate surface area is 125 Å². The van der Waals surface area contributed by atoms with Crippen LogP contribution in [0.3, 0.4) is 0 Å². The van der Waals surface area contributed by atoms with Crippen molar-refractivity contribution in [2.45, 2.75) is 13.8 Å². The lowest BCUT2D eigenvalue weighted by Gasteiger charge is -2.33. The first-order valence-corrected chi connectivity index (χ1v) is 7.11. The van der Waals surface area contributed by atoms with Crippen LogP contribution in [-0.2, 0) is 4.79 Å². The molecule has 1 fully saturated rings. The SMILES string of the molecule is CC(=O)N1CCN(C(=O)N/C=C/c2ccccc2C)CC1. The summed E-state index contributed by atoms with van der Waals surface area (Å²) in [7, 11) is 0. The summed E-state index contributed by atoms with van der Waals surface area (Å²) in [4.78, 5) is 26.7. The van der Waals surface area contributed by atoms with Gasteiger partial charge in [0.05, 0.1) is 0 Å². The van der Waals surface area contributed by atoms with Crippen LogP contribution in [0.5, 0.6) is 0 Å². The van der Waals surface area contributed by atoms with E-state index >= 15 is 0 Å². The maximum absolute atomic E-state index is 12.0. The molecule has 5 heteroatoms. The highest BCUT2D eigenvalue weighted by molar-refractivity contribution is 5.77. The van der Waals surface area contributed by atoms with Crippen LogP contribution in [0.25, 0.3) is 6.08 Å². The second-order valence-corrected chi connectivity index (χ2v) is 5.13. The normalized spacial score (nSPS) is 15.3. The van der Waals surface area contributed by atoms with Crippen molar-refractivity contribution >= 4 is 18.0 Å². The molecule has 0 unspecified atom stereocenters. The van der Waals surface area contributed by atoms with Gasteiger partial charge in [-0.15, -0.1) is 0 Å². The lowest BCUT2D eigenvalue weighted by molar-refractivity contribution is -0.130. The molecule has 2 rings (SSSR count). The van der Waals surface area contributed by atoms with Gasteiger partial charge >= 0.3 is 6.03 Å². The first-order chi connectivity index (χ1) is 10.1. The van der Waals surface area contributed by atoms with Crippen LogP contribution < -0.4 is 5.32 Å². The van der Waals surface area contributed by atoms with Gasteiger partial charge in [-0.1, -0.05) is 24.3 Å². The first kappa shape index (κ1) is 15.1. The van der Waals surface area contributed by atoms with Crippen molar-refractivity contribution < 1.29 is 9.59 Å². The second kappa shape index (κ2) is 6.92. The Hall–Kier alpha value is -2.30. The summed E-state index contributed by atoms with van der Waals surface area (Å²) in [5.41, 5.74) is 2.25. The van der Waals surface area contributed by atoms with Crippen LogP contribution in [0.2, 0.25) is 0 Å². The maximum Gasteiger partial charge on any atom is 0.321 e. The number of nitrogens with zero attached hydrogens (tertiary/aromatic N) is 2. The van der Waals surface area contributed by atoms with Crippen LogP contribution in [0.4, 0.5) is 4.79 Å². The molecule has 0 aromatic heterocycles. The van der Waals surface area contributed by atoms with E-state index in [4.69, 9.17) is 0 Å².